The van der Waals surface area contributed by atoms with Crippen molar-refractivity contribution in [2.75, 3.05) is 26.2 Å². The van der Waals surface area contributed by atoms with Crippen LogP contribution in [0.1, 0.15) is 72.3 Å². The first-order valence-electron chi connectivity index (χ1n) is 11.8. The van der Waals surface area contributed by atoms with Gasteiger partial charge in [0.25, 0.3) is 11.8 Å². The summed E-state index contributed by atoms with van der Waals surface area (Å²) < 4.78 is 11.4. The van der Waals surface area contributed by atoms with Crippen molar-refractivity contribution in [3.05, 3.63) is 45.9 Å². The molecule has 0 N–H and O–H groups in total. The van der Waals surface area contributed by atoms with Crippen molar-refractivity contribution in [1.82, 2.24) is 14.8 Å². The summed E-state index contributed by atoms with van der Waals surface area (Å²) in [6, 6.07) is 7.37. The molecular formula is C25H33N3O4S. The van der Waals surface area contributed by atoms with Gasteiger partial charge in [0.05, 0.1) is 23.3 Å². The molecule has 178 valence electrons. The average molecular weight is 472 g/mol. The van der Waals surface area contributed by atoms with E-state index in [1.54, 1.807) is 11.3 Å². The maximum absolute atomic E-state index is 12.9. The van der Waals surface area contributed by atoms with Crippen LogP contribution in [-0.2, 0) is 4.74 Å². The van der Waals surface area contributed by atoms with Gasteiger partial charge in [-0.1, -0.05) is 0 Å². The normalized spacial score (nSPS) is 22.0. The molecule has 2 aliphatic rings. The Labute approximate surface area is 199 Å². The van der Waals surface area contributed by atoms with Gasteiger partial charge < -0.3 is 19.3 Å². The van der Waals surface area contributed by atoms with Gasteiger partial charge >= 0.3 is 0 Å². The Morgan fingerprint density at radius 2 is 1.67 bits per heavy atom. The van der Waals surface area contributed by atoms with Gasteiger partial charge in [-0.05, 0) is 64.8 Å². The van der Waals surface area contributed by atoms with Gasteiger partial charge in [-0.15, -0.1) is 11.3 Å². The fraction of sp³-hybridized carbons (Fsp3) is 0.560. The zero-order chi connectivity index (χ0) is 23.5. The summed E-state index contributed by atoms with van der Waals surface area (Å²) in [5.74, 6) is 1.09. The van der Waals surface area contributed by atoms with Crippen LogP contribution in [0.3, 0.4) is 0 Å². The minimum absolute atomic E-state index is 0.0167. The number of nitrogens with zero attached hydrogens (tertiary/aromatic N) is 3. The summed E-state index contributed by atoms with van der Waals surface area (Å²) in [6.45, 7) is 10.5. The van der Waals surface area contributed by atoms with Gasteiger partial charge in [0.15, 0.2) is 0 Å². The molecule has 4 rings (SSSR count). The molecule has 0 radical (unpaired) electrons. The van der Waals surface area contributed by atoms with E-state index in [4.69, 9.17) is 9.47 Å². The van der Waals surface area contributed by atoms with Crippen LogP contribution in [0.2, 0.25) is 0 Å². The molecule has 2 amide bonds. The smallest absolute Gasteiger partial charge is 0.273 e. The van der Waals surface area contributed by atoms with Crippen LogP contribution in [0.4, 0.5) is 0 Å². The van der Waals surface area contributed by atoms with E-state index in [2.05, 4.69) is 4.98 Å². The van der Waals surface area contributed by atoms with E-state index in [1.807, 2.05) is 67.1 Å². The van der Waals surface area contributed by atoms with E-state index in [0.717, 1.165) is 23.6 Å². The molecule has 2 aromatic rings. The first-order chi connectivity index (χ1) is 15.8. The van der Waals surface area contributed by atoms with Crippen LogP contribution in [0.15, 0.2) is 29.6 Å². The molecule has 3 heterocycles. The van der Waals surface area contributed by atoms with E-state index >= 15 is 0 Å². The van der Waals surface area contributed by atoms with Crippen molar-refractivity contribution in [2.24, 2.45) is 0 Å². The lowest BCUT2D eigenvalue weighted by molar-refractivity contribution is -0.0587. The summed E-state index contributed by atoms with van der Waals surface area (Å²) >= 11 is 1.56. The number of piperidine rings is 1. The summed E-state index contributed by atoms with van der Waals surface area (Å²) in [5, 5.41) is 2.87. The Balaban J connectivity index is 1.32. The molecule has 2 atom stereocenters. The Morgan fingerprint density at radius 3 is 2.27 bits per heavy atom. The van der Waals surface area contributed by atoms with Gasteiger partial charge in [0.1, 0.15) is 11.4 Å². The molecule has 2 aliphatic heterocycles. The molecular weight excluding hydrogens is 438 g/mol. The summed E-state index contributed by atoms with van der Waals surface area (Å²) in [5.41, 5.74) is 1.21. The van der Waals surface area contributed by atoms with Gasteiger partial charge in [-0.2, -0.15) is 0 Å². The molecule has 33 heavy (non-hydrogen) atoms. The third-order valence-corrected chi connectivity index (χ3v) is 7.06. The van der Waals surface area contributed by atoms with Crippen LogP contribution >= 0.6 is 11.3 Å². The van der Waals surface area contributed by atoms with Crippen molar-refractivity contribution in [1.29, 1.82) is 0 Å². The molecule has 1 aromatic carbocycles. The van der Waals surface area contributed by atoms with Crippen molar-refractivity contribution < 1.29 is 19.1 Å². The number of benzene rings is 1. The van der Waals surface area contributed by atoms with Crippen LogP contribution in [0.25, 0.3) is 0 Å². The molecule has 8 heteroatoms. The van der Waals surface area contributed by atoms with E-state index in [-0.39, 0.29) is 36.0 Å². The second-order valence-corrected chi connectivity index (χ2v) is 10.2. The first kappa shape index (κ1) is 23.7. The number of amides is 2. The summed E-state index contributed by atoms with van der Waals surface area (Å²) in [7, 11) is 0. The predicted molar refractivity (Wildman–Crippen MR) is 128 cm³/mol. The molecule has 0 bridgehead atoms. The largest absolute Gasteiger partial charge is 0.491 e. The second-order valence-electron chi connectivity index (χ2n) is 9.30. The summed E-state index contributed by atoms with van der Waals surface area (Å²) in [6.07, 6.45) is 1.89. The Morgan fingerprint density at radius 1 is 1.03 bits per heavy atom. The average Bonchev–Trinajstić information content (AvgIpc) is 3.28. The summed E-state index contributed by atoms with van der Waals surface area (Å²) in [4.78, 5) is 34.3. The van der Waals surface area contributed by atoms with Gasteiger partial charge in [-0.3, -0.25) is 9.59 Å². The van der Waals surface area contributed by atoms with Gasteiger partial charge in [0, 0.05) is 43.0 Å². The highest BCUT2D eigenvalue weighted by Gasteiger charge is 2.30. The van der Waals surface area contributed by atoms with Crippen molar-refractivity contribution in [3.8, 4) is 5.75 Å². The Kier molecular flexibility index (Phi) is 7.34. The number of carbonyl (C=O) groups is 2. The van der Waals surface area contributed by atoms with Crippen LogP contribution < -0.4 is 4.74 Å². The standard InChI is InChI=1S/C25H33N3O4S/c1-16(2)31-21-7-5-20(6-8-21)24(29)27-11-9-19(10-12-27)23-26-22(15-33-23)25(30)28-13-17(3)32-18(4)14-28/h5-8,15-19H,9-14H2,1-4H3. The molecule has 0 aliphatic carbocycles. The monoisotopic (exact) mass is 471 g/mol. The van der Waals surface area contributed by atoms with Gasteiger partial charge in [0.2, 0.25) is 0 Å². The molecule has 2 saturated heterocycles. The Bertz CT molecular complexity index is 956. The van der Waals surface area contributed by atoms with Crippen LogP contribution in [0, 0.1) is 0 Å². The van der Waals surface area contributed by atoms with Gasteiger partial charge in [-0.25, -0.2) is 4.98 Å². The van der Waals surface area contributed by atoms with E-state index < -0.39 is 0 Å². The number of hydrogen-bond donors (Lipinski definition) is 0. The molecule has 0 spiro atoms. The minimum Gasteiger partial charge on any atom is -0.491 e. The predicted octanol–water partition coefficient (Wildman–Crippen LogP) is 4.20. The lowest BCUT2D eigenvalue weighted by Gasteiger charge is -2.35. The highest BCUT2D eigenvalue weighted by Crippen LogP contribution is 2.31. The van der Waals surface area contributed by atoms with Crippen molar-refractivity contribution in [2.45, 2.75) is 64.8 Å². The number of thiazole rings is 1. The minimum atomic E-state index is -0.0167. The lowest BCUT2D eigenvalue weighted by Crippen LogP contribution is -2.48. The molecule has 2 fully saturated rings. The lowest BCUT2D eigenvalue weighted by atomic mass is 9.97. The fourth-order valence-corrected chi connectivity index (χ4v) is 5.50. The maximum Gasteiger partial charge on any atom is 0.273 e. The van der Waals surface area contributed by atoms with Crippen LogP contribution in [-0.4, -0.2) is 71.1 Å². The fourth-order valence-electron chi connectivity index (χ4n) is 4.54. The topological polar surface area (TPSA) is 72.0 Å². The second kappa shape index (κ2) is 10.2. The third-order valence-electron chi connectivity index (χ3n) is 6.05. The SMILES string of the molecule is CC(C)Oc1ccc(C(=O)N2CCC(c3nc(C(=O)N4CC(C)OC(C)C4)cs3)CC2)cc1. The zero-order valence-corrected chi connectivity index (χ0v) is 20.6. The number of morpholine rings is 1. The first-order valence-corrected chi connectivity index (χ1v) is 12.6. The molecule has 2 unspecified atom stereocenters. The number of ether oxygens (including phenoxy) is 2. The van der Waals surface area contributed by atoms with E-state index in [1.165, 1.54) is 0 Å². The maximum atomic E-state index is 12.9. The highest BCUT2D eigenvalue weighted by atomic mass is 32.1. The third kappa shape index (κ3) is 5.73. The Hall–Kier alpha value is -2.45. The number of aromatic nitrogens is 1. The highest BCUT2D eigenvalue weighted by molar-refractivity contribution is 7.09. The number of hydrogen-bond acceptors (Lipinski definition) is 6. The number of likely N-dealkylation sites (tertiary alicyclic amines) is 1. The number of rotatable bonds is 5. The zero-order valence-electron chi connectivity index (χ0n) is 19.8. The molecule has 0 saturated carbocycles. The number of carbonyl (C=O) groups excluding carboxylic acids is 2. The quantitative estimate of drug-likeness (QED) is 0.654. The molecule has 7 nitrogen and oxygen atoms in total. The van der Waals surface area contributed by atoms with Crippen LogP contribution in [0.5, 0.6) is 5.75 Å². The van der Waals surface area contributed by atoms with Crippen molar-refractivity contribution >= 4 is 23.2 Å². The molecule has 1 aromatic heterocycles. The van der Waals surface area contributed by atoms with E-state index in [0.29, 0.717) is 37.4 Å². The van der Waals surface area contributed by atoms with E-state index in [9.17, 15) is 9.59 Å². The van der Waals surface area contributed by atoms with Crippen molar-refractivity contribution in [3.63, 3.8) is 0 Å².